The van der Waals surface area contributed by atoms with Gasteiger partial charge in [-0.2, -0.15) is 0 Å². The fourth-order valence-electron chi connectivity index (χ4n) is 1.04. The number of hydrogen-bond donors (Lipinski definition) is 1. The average Bonchev–Trinajstić information content (AvgIpc) is 2.43. The standard InChI is InChI=1S/C6H10N2O4S/c9-6-8(1-2-12-6)13(10)7-5-3-11-4-5/h5,7H,1-4H2. The first-order valence-corrected chi connectivity index (χ1v) is 5.08. The summed E-state index contributed by atoms with van der Waals surface area (Å²) in [5.74, 6) is 0. The van der Waals surface area contributed by atoms with E-state index >= 15 is 0 Å². The zero-order chi connectivity index (χ0) is 9.26. The molecule has 2 saturated heterocycles. The van der Waals surface area contributed by atoms with Gasteiger partial charge in [-0.3, -0.25) is 0 Å². The molecule has 2 aliphatic rings. The van der Waals surface area contributed by atoms with Crippen LogP contribution in [0, 0.1) is 0 Å². The van der Waals surface area contributed by atoms with Crippen LogP contribution in [0.25, 0.3) is 0 Å². The molecule has 2 aliphatic heterocycles. The monoisotopic (exact) mass is 206 g/mol. The minimum atomic E-state index is -1.48. The zero-order valence-corrected chi connectivity index (χ0v) is 7.71. The molecule has 0 aromatic carbocycles. The van der Waals surface area contributed by atoms with E-state index in [9.17, 15) is 9.00 Å². The Morgan fingerprint density at radius 3 is 2.77 bits per heavy atom. The Balaban J connectivity index is 1.84. The highest BCUT2D eigenvalue weighted by Gasteiger charge is 2.30. The van der Waals surface area contributed by atoms with Gasteiger partial charge in [0.15, 0.2) is 0 Å². The van der Waals surface area contributed by atoms with Crippen molar-refractivity contribution in [3.8, 4) is 0 Å². The quantitative estimate of drug-likeness (QED) is 0.643. The smallest absolute Gasteiger partial charge is 0.422 e. The highest BCUT2D eigenvalue weighted by atomic mass is 32.2. The molecular formula is C6H10N2O4S. The summed E-state index contributed by atoms with van der Waals surface area (Å²) in [6.45, 7) is 1.79. The lowest BCUT2D eigenvalue weighted by atomic mass is 10.3. The van der Waals surface area contributed by atoms with Gasteiger partial charge in [0.1, 0.15) is 6.61 Å². The highest BCUT2D eigenvalue weighted by Crippen LogP contribution is 2.07. The first kappa shape index (κ1) is 8.92. The lowest BCUT2D eigenvalue weighted by Crippen LogP contribution is -2.50. The minimum absolute atomic E-state index is 0.0919. The van der Waals surface area contributed by atoms with Gasteiger partial charge >= 0.3 is 6.09 Å². The van der Waals surface area contributed by atoms with Crippen molar-refractivity contribution in [1.82, 2.24) is 9.03 Å². The molecule has 13 heavy (non-hydrogen) atoms. The maximum Gasteiger partial charge on any atom is 0.422 e. The predicted molar refractivity (Wildman–Crippen MR) is 43.9 cm³/mol. The van der Waals surface area contributed by atoms with Gasteiger partial charge in [0, 0.05) is 0 Å². The van der Waals surface area contributed by atoms with Crippen LogP contribution in [0.4, 0.5) is 4.79 Å². The van der Waals surface area contributed by atoms with Crippen LogP contribution in [0.2, 0.25) is 0 Å². The summed E-state index contributed by atoms with van der Waals surface area (Å²) in [6, 6.07) is 0.0919. The number of hydrogen-bond acceptors (Lipinski definition) is 4. The van der Waals surface area contributed by atoms with Crippen LogP contribution in [0.15, 0.2) is 0 Å². The fourth-order valence-corrected chi connectivity index (χ4v) is 2.02. The summed E-state index contributed by atoms with van der Waals surface area (Å²) < 4.78 is 24.9. The second-order valence-electron chi connectivity index (χ2n) is 2.82. The van der Waals surface area contributed by atoms with E-state index in [-0.39, 0.29) is 6.04 Å². The Kier molecular flexibility index (Phi) is 2.47. The van der Waals surface area contributed by atoms with Gasteiger partial charge in [-0.1, -0.05) is 0 Å². The van der Waals surface area contributed by atoms with Crippen LogP contribution in [0.3, 0.4) is 0 Å². The van der Waals surface area contributed by atoms with Crippen LogP contribution < -0.4 is 4.72 Å². The minimum Gasteiger partial charge on any atom is -0.447 e. The van der Waals surface area contributed by atoms with Gasteiger partial charge in [-0.25, -0.2) is 18.0 Å². The van der Waals surface area contributed by atoms with E-state index in [2.05, 4.69) is 9.46 Å². The van der Waals surface area contributed by atoms with Crippen LogP contribution in [-0.2, 0) is 20.6 Å². The molecule has 1 unspecified atom stereocenters. The van der Waals surface area contributed by atoms with Crippen molar-refractivity contribution in [2.45, 2.75) is 6.04 Å². The van der Waals surface area contributed by atoms with E-state index in [0.29, 0.717) is 26.4 Å². The molecular weight excluding hydrogens is 196 g/mol. The van der Waals surface area contributed by atoms with E-state index in [1.165, 1.54) is 4.31 Å². The number of nitrogens with zero attached hydrogens (tertiary/aromatic N) is 1. The van der Waals surface area contributed by atoms with E-state index in [0.717, 1.165) is 0 Å². The van der Waals surface area contributed by atoms with Gasteiger partial charge in [-0.05, 0) is 0 Å². The summed E-state index contributed by atoms with van der Waals surface area (Å²) in [6.07, 6.45) is -0.522. The highest BCUT2D eigenvalue weighted by molar-refractivity contribution is 7.81. The molecule has 2 heterocycles. The summed E-state index contributed by atoms with van der Waals surface area (Å²) in [4.78, 5) is 10.9. The summed E-state index contributed by atoms with van der Waals surface area (Å²) in [5, 5.41) is 0. The molecule has 1 amide bonds. The number of carbonyl (C=O) groups excluding carboxylic acids is 1. The lowest BCUT2D eigenvalue weighted by Gasteiger charge is -2.27. The molecule has 0 radical (unpaired) electrons. The van der Waals surface area contributed by atoms with E-state index in [1.807, 2.05) is 0 Å². The van der Waals surface area contributed by atoms with Crippen LogP contribution >= 0.6 is 0 Å². The van der Waals surface area contributed by atoms with Gasteiger partial charge < -0.3 is 9.47 Å². The molecule has 0 aromatic rings. The van der Waals surface area contributed by atoms with Gasteiger partial charge in [0.05, 0.1) is 25.8 Å². The molecule has 6 nitrogen and oxygen atoms in total. The number of carbonyl (C=O) groups is 1. The zero-order valence-electron chi connectivity index (χ0n) is 6.89. The molecule has 0 aromatic heterocycles. The molecule has 2 fully saturated rings. The molecule has 0 bridgehead atoms. The van der Waals surface area contributed by atoms with Crippen LogP contribution in [-0.4, -0.2) is 47.0 Å². The average molecular weight is 206 g/mol. The SMILES string of the molecule is O=C1OCCN1S(=O)NC1COC1. The Bertz CT molecular complexity index is 243. The molecule has 0 spiro atoms. The third kappa shape index (κ3) is 1.82. The Morgan fingerprint density at radius 2 is 2.31 bits per heavy atom. The third-order valence-corrected chi connectivity index (χ3v) is 3.10. The second kappa shape index (κ2) is 3.60. The van der Waals surface area contributed by atoms with Crippen LogP contribution in [0.1, 0.15) is 0 Å². The van der Waals surface area contributed by atoms with E-state index in [4.69, 9.17) is 4.74 Å². The van der Waals surface area contributed by atoms with Gasteiger partial charge in [0.2, 0.25) is 11.2 Å². The Labute approximate surface area is 77.9 Å². The molecule has 1 atom stereocenters. The number of amides is 1. The molecule has 7 heteroatoms. The normalized spacial score (nSPS) is 25.5. The van der Waals surface area contributed by atoms with Crippen LogP contribution in [0.5, 0.6) is 0 Å². The topological polar surface area (TPSA) is 67.9 Å². The van der Waals surface area contributed by atoms with Crippen molar-refractivity contribution in [3.63, 3.8) is 0 Å². The Hall–Kier alpha value is -0.660. The first-order chi connectivity index (χ1) is 6.27. The molecule has 74 valence electrons. The van der Waals surface area contributed by atoms with Crippen molar-refractivity contribution in [1.29, 1.82) is 0 Å². The second-order valence-corrected chi connectivity index (χ2v) is 3.99. The molecule has 2 rings (SSSR count). The largest absolute Gasteiger partial charge is 0.447 e. The van der Waals surface area contributed by atoms with Crippen molar-refractivity contribution >= 4 is 17.3 Å². The number of rotatable bonds is 3. The van der Waals surface area contributed by atoms with Crippen molar-refractivity contribution < 1.29 is 18.5 Å². The van der Waals surface area contributed by atoms with Gasteiger partial charge in [-0.15, -0.1) is 0 Å². The summed E-state index contributed by atoms with van der Waals surface area (Å²) in [7, 11) is 0. The molecule has 0 saturated carbocycles. The maximum absolute atomic E-state index is 11.4. The molecule has 1 N–H and O–H groups in total. The number of ether oxygens (including phenoxy) is 2. The van der Waals surface area contributed by atoms with E-state index in [1.54, 1.807) is 0 Å². The summed E-state index contributed by atoms with van der Waals surface area (Å²) >= 11 is -1.48. The third-order valence-electron chi connectivity index (χ3n) is 1.83. The molecule has 0 aliphatic carbocycles. The number of nitrogens with one attached hydrogen (secondary N) is 1. The first-order valence-electron chi connectivity index (χ1n) is 3.97. The van der Waals surface area contributed by atoms with Crippen molar-refractivity contribution in [2.24, 2.45) is 0 Å². The Morgan fingerprint density at radius 1 is 1.54 bits per heavy atom. The van der Waals surface area contributed by atoms with Crippen molar-refractivity contribution in [2.75, 3.05) is 26.4 Å². The predicted octanol–water partition coefficient (Wildman–Crippen LogP) is -0.994. The van der Waals surface area contributed by atoms with Crippen molar-refractivity contribution in [3.05, 3.63) is 0 Å². The summed E-state index contributed by atoms with van der Waals surface area (Å²) in [5.41, 5.74) is 0. The number of cyclic esters (lactones) is 1. The lowest BCUT2D eigenvalue weighted by molar-refractivity contribution is 0.00500. The fraction of sp³-hybridized carbons (Fsp3) is 0.833. The van der Waals surface area contributed by atoms with E-state index < -0.39 is 17.3 Å². The van der Waals surface area contributed by atoms with Gasteiger partial charge in [0.25, 0.3) is 0 Å². The maximum atomic E-state index is 11.4.